The van der Waals surface area contributed by atoms with Gasteiger partial charge in [-0.3, -0.25) is 14.9 Å². The third-order valence-corrected chi connectivity index (χ3v) is 5.09. The number of aromatic amines is 1. The monoisotopic (exact) mass is 383 g/mol. The topological polar surface area (TPSA) is 84.8 Å². The second-order valence-corrected chi connectivity index (χ2v) is 7.19. The van der Waals surface area contributed by atoms with Gasteiger partial charge >= 0.3 is 0 Å². The highest BCUT2D eigenvalue weighted by Crippen LogP contribution is 2.28. The highest BCUT2D eigenvalue weighted by molar-refractivity contribution is 5.85. The molecule has 3 aromatic rings. The van der Waals surface area contributed by atoms with Crippen LogP contribution in [0.4, 0.5) is 0 Å². The molecule has 0 fully saturated rings. The molecular weight excluding hydrogens is 354 g/mol. The van der Waals surface area contributed by atoms with Gasteiger partial charge in [0.1, 0.15) is 6.54 Å². The SMILES string of the molecule is CCC(C)c1cn(CC(=O)NCCCc2cc(COC)[nH]n2)c2ccncc12. The van der Waals surface area contributed by atoms with E-state index in [2.05, 4.69) is 40.5 Å². The van der Waals surface area contributed by atoms with E-state index in [4.69, 9.17) is 4.74 Å². The number of fused-ring (bicyclic) bond motifs is 1. The minimum Gasteiger partial charge on any atom is -0.378 e. The number of rotatable bonds is 10. The maximum atomic E-state index is 12.4. The summed E-state index contributed by atoms with van der Waals surface area (Å²) in [7, 11) is 1.66. The van der Waals surface area contributed by atoms with Crippen LogP contribution >= 0.6 is 0 Å². The number of H-pyrrole nitrogens is 1. The summed E-state index contributed by atoms with van der Waals surface area (Å²) < 4.78 is 7.10. The largest absolute Gasteiger partial charge is 0.378 e. The first-order valence-corrected chi connectivity index (χ1v) is 9.83. The van der Waals surface area contributed by atoms with E-state index in [1.54, 1.807) is 13.3 Å². The van der Waals surface area contributed by atoms with E-state index in [-0.39, 0.29) is 5.91 Å². The van der Waals surface area contributed by atoms with E-state index in [0.717, 1.165) is 41.6 Å². The number of nitrogens with one attached hydrogen (secondary N) is 2. The first kappa shape index (κ1) is 20.1. The lowest BCUT2D eigenvalue weighted by molar-refractivity contribution is -0.121. The molecule has 0 aliphatic carbocycles. The van der Waals surface area contributed by atoms with E-state index >= 15 is 0 Å². The maximum absolute atomic E-state index is 12.4. The van der Waals surface area contributed by atoms with Gasteiger partial charge < -0.3 is 14.6 Å². The van der Waals surface area contributed by atoms with Crippen LogP contribution in [-0.4, -0.2) is 39.3 Å². The van der Waals surface area contributed by atoms with E-state index in [9.17, 15) is 4.79 Å². The van der Waals surface area contributed by atoms with Crippen LogP contribution in [0.3, 0.4) is 0 Å². The molecule has 2 N–H and O–H groups in total. The molecule has 3 aromatic heterocycles. The lowest BCUT2D eigenvalue weighted by Gasteiger charge is -2.07. The summed E-state index contributed by atoms with van der Waals surface area (Å²) in [6.45, 7) is 5.86. The summed E-state index contributed by atoms with van der Waals surface area (Å²) in [5.41, 5.74) is 4.27. The molecule has 0 bridgehead atoms. The molecule has 1 unspecified atom stereocenters. The van der Waals surface area contributed by atoms with Crippen molar-refractivity contribution in [1.29, 1.82) is 0 Å². The van der Waals surface area contributed by atoms with Crippen LogP contribution in [0, 0.1) is 0 Å². The van der Waals surface area contributed by atoms with Crippen LogP contribution in [0.25, 0.3) is 10.9 Å². The molecule has 3 rings (SSSR count). The fourth-order valence-electron chi connectivity index (χ4n) is 3.39. The van der Waals surface area contributed by atoms with E-state index in [0.29, 0.717) is 25.6 Å². The van der Waals surface area contributed by atoms with Crippen molar-refractivity contribution in [2.75, 3.05) is 13.7 Å². The number of carbonyl (C=O) groups excluding carboxylic acids is 1. The number of hydrogen-bond donors (Lipinski definition) is 2. The first-order valence-electron chi connectivity index (χ1n) is 9.83. The van der Waals surface area contributed by atoms with Crippen LogP contribution in [0.2, 0.25) is 0 Å². The van der Waals surface area contributed by atoms with Crippen LogP contribution in [0.5, 0.6) is 0 Å². The van der Waals surface area contributed by atoms with Gasteiger partial charge in [-0.15, -0.1) is 0 Å². The lowest BCUT2D eigenvalue weighted by atomic mass is 9.99. The molecule has 7 nitrogen and oxygen atoms in total. The van der Waals surface area contributed by atoms with Crippen molar-refractivity contribution < 1.29 is 9.53 Å². The Bertz CT molecular complexity index is 915. The zero-order valence-corrected chi connectivity index (χ0v) is 16.9. The molecule has 1 atom stereocenters. The number of carbonyl (C=O) groups is 1. The molecule has 0 saturated heterocycles. The standard InChI is InChI=1S/C21H29N5O2/c1-4-15(2)19-12-26(20-7-9-22-11-18(19)20)13-21(27)23-8-5-6-16-10-17(14-28-3)25-24-16/h7,9-12,15H,4-6,8,13-14H2,1-3H3,(H,23,27)(H,24,25). The minimum atomic E-state index is 0.0199. The quantitative estimate of drug-likeness (QED) is 0.527. The normalized spacial score (nSPS) is 12.4. The summed E-state index contributed by atoms with van der Waals surface area (Å²) in [4.78, 5) is 16.7. The van der Waals surface area contributed by atoms with E-state index in [1.807, 2.05) is 22.9 Å². The van der Waals surface area contributed by atoms with Crippen molar-refractivity contribution in [3.05, 3.63) is 47.7 Å². The fraction of sp³-hybridized carbons (Fsp3) is 0.476. The zero-order valence-electron chi connectivity index (χ0n) is 16.9. The van der Waals surface area contributed by atoms with Gasteiger partial charge in [-0.25, -0.2) is 0 Å². The lowest BCUT2D eigenvalue weighted by Crippen LogP contribution is -2.28. The maximum Gasteiger partial charge on any atom is 0.239 e. The molecular formula is C21H29N5O2. The van der Waals surface area contributed by atoms with Gasteiger partial charge in [0, 0.05) is 37.6 Å². The summed E-state index contributed by atoms with van der Waals surface area (Å²) >= 11 is 0. The molecule has 0 aliphatic rings. The Hall–Kier alpha value is -2.67. The average Bonchev–Trinajstić information content (AvgIpc) is 3.30. The van der Waals surface area contributed by atoms with E-state index < -0.39 is 0 Å². The molecule has 7 heteroatoms. The summed E-state index contributed by atoms with van der Waals surface area (Å²) in [6, 6.07) is 3.98. The van der Waals surface area contributed by atoms with E-state index in [1.165, 1.54) is 5.56 Å². The van der Waals surface area contributed by atoms with Crippen LogP contribution in [-0.2, 0) is 29.1 Å². The number of pyridine rings is 1. The molecule has 1 amide bonds. The predicted octanol–water partition coefficient (Wildman–Crippen LogP) is 3.17. The van der Waals surface area contributed by atoms with Crippen molar-refractivity contribution in [3.8, 4) is 0 Å². The molecule has 0 spiro atoms. The number of hydrogen-bond acceptors (Lipinski definition) is 4. The van der Waals surface area contributed by atoms with Crippen LogP contribution in [0.15, 0.2) is 30.7 Å². The average molecular weight is 383 g/mol. The van der Waals surface area contributed by atoms with Crippen molar-refractivity contribution in [3.63, 3.8) is 0 Å². The Balaban J connectivity index is 1.53. The van der Waals surface area contributed by atoms with Crippen molar-refractivity contribution in [1.82, 2.24) is 25.1 Å². The molecule has 0 saturated carbocycles. The van der Waals surface area contributed by atoms with Gasteiger partial charge in [0.05, 0.1) is 23.5 Å². The molecule has 150 valence electrons. The number of methoxy groups -OCH3 is 1. The Kier molecular flexibility index (Phi) is 6.81. The number of aromatic nitrogens is 4. The minimum absolute atomic E-state index is 0.0199. The van der Waals surface area contributed by atoms with Crippen molar-refractivity contribution >= 4 is 16.8 Å². The predicted molar refractivity (Wildman–Crippen MR) is 109 cm³/mol. The highest BCUT2D eigenvalue weighted by Gasteiger charge is 2.14. The molecule has 0 aliphatic heterocycles. The third-order valence-electron chi connectivity index (χ3n) is 5.09. The Labute approximate surface area is 165 Å². The zero-order chi connectivity index (χ0) is 19.9. The highest BCUT2D eigenvalue weighted by atomic mass is 16.5. The van der Waals surface area contributed by atoms with Crippen molar-refractivity contribution in [2.45, 2.75) is 52.2 Å². The van der Waals surface area contributed by atoms with Gasteiger partial charge in [0.15, 0.2) is 0 Å². The second-order valence-electron chi connectivity index (χ2n) is 7.19. The number of ether oxygens (including phenoxy) is 1. The molecule has 0 radical (unpaired) electrons. The van der Waals surface area contributed by atoms with Gasteiger partial charge in [-0.2, -0.15) is 5.10 Å². The number of aryl methyl sites for hydroxylation is 1. The summed E-state index contributed by atoms with van der Waals surface area (Å²) in [5.74, 6) is 0.458. The third kappa shape index (κ3) is 4.78. The first-order chi connectivity index (χ1) is 13.6. The number of amides is 1. The van der Waals surface area contributed by atoms with Crippen LogP contribution in [0.1, 0.15) is 49.6 Å². The Morgan fingerprint density at radius 1 is 1.43 bits per heavy atom. The van der Waals surface area contributed by atoms with Gasteiger partial charge in [-0.1, -0.05) is 13.8 Å². The fourth-order valence-corrected chi connectivity index (χ4v) is 3.39. The van der Waals surface area contributed by atoms with Gasteiger partial charge in [0.2, 0.25) is 5.91 Å². The smallest absolute Gasteiger partial charge is 0.239 e. The van der Waals surface area contributed by atoms with Gasteiger partial charge in [-0.05, 0) is 42.9 Å². The molecule has 3 heterocycles. The van der Waals surface area contributed by atoms with Crippen LogP contribution < -0.4 is 5.32 Å². The second kappa shape index (κ2) is 9.50. The summed E-state index contributed by atoms with van der Waals surface area (Å²) in [6.07, 6.45) is 8.49. The Morgan fingerprint density at radius 3 is 3.07 bits per heavy atom. The summed E-state index contributed by atoms with van der Waals surface area (Å²) in [5, 5.41) is 11.4. The Morgan fingerprint density at radius 2 is 2.29 bits per heavy atom. The van der Waals surface area contributed by atoms with Crippen molar-refractivity contribution in [2.24, 2.45) is 0 Å². The number of nitrogens with zero attached hydrogens (tertiary/aromatic N) is 3. The molecule has 0 aromatic carbocycles. The molecule has 28 heavy (non-hydrogen) atoms. The van der Waals surface area contributed by atoms with Gasteiger partial charge in [0.25, 0.3) is 0 Å².